The Morgan fingerprint density at radius 2 is 1.76 bits per heavy atom. The lowest BCUT2D eigenvalue weighted by molar-refractivity contribution is -0.139. The number of fused-ring (bicyclic) bond motifs is 1. The van der Waals surface area contributed by atoms with Gasteiger partial charge in [-0.2, -0.15) is 5.26 Å². The molecule has 0 aliphatic carbocycles. The first-order chi connectivity index (χ1) is 14.0. The Hall–Kier alpha value is -4.05. The highest BCUT2D eigenvalue weighted by molar-refractivity contribution is 5.98. The molecule has 7 nitrogen and oxygen atoms in total. The molecule has 0 saturated carbocycles. The zero-order valence-electron chi connectivity index (χ0n) is 15.8. The first-order valence-electron chi connectivity index (χ1n) is 8.58. The van der Waals surface area contributed by atoms with Gasteiger partial charge < -0.3 is 18.6 Å². The van der Waals surface area contributed by atoms with Crippen molar-refractivity contribution in [2.45, 2.75) is 6.61 Å². The molecule has 146 valence electrons. The number of esters is 1. The van der Waals surface area contributed by atoms with Crippen molar-refractivity contribution in [1.82, 2.24) is 0 Å². The van der Waals surface area contributed by atoms with Crippen LogP contribution >= 0.6 is 0 Å². The Morgan fingerprint density at radius 1 is 1.07 bits per heavy atom. The molecule has 29 heavy (non-hydrogen) atoms. The van der Waals surface area contributed by atoms with Gasteiger partial charge in [-0.3, -0.25) is 0 Å². The largest absolute Gasteiger partial charge is 0.497 e. The minimum atomic E-state index is -0.793. The second kappa shape index (κ2) is 8.76. The summed E-state index contributed by atoms with van der Waals surface area (Å²) in [4.78, 5) is 24.1. The van der Waals surface area contributed by atoms with E-state index in [1.54, 1.807) is 49.6 Å². The first kappa shape index (κ1) is 19.7. The van der Waals surface area contributed by atoms with Crippen LogP contribution < -0.4 is 15.1 Å². The molecular formula is C22H17NO6. The Morgan fingerprint density at radius 3 is 2.41 bits per heavy atom. The van der Waals surface area contributed by atoms with Crippen LogP contribution in [0.3, 0.4) is 0 Å². The van der Waals surface area contributed by atoms with Crippen LogP contribution in [0.1, 0.15) is 11.1 Å². The molecule has 7 heteroatoms. The lowest BCUT2D eigenvalue weighted by atomic mass is 10.1. The van der Waals surface area contributed by atoms with Crippen molar-refractivity contribution < 1.29 is 23.4 Å². The van der Waals surface area contributed by atoms with Crippen molar-refractivity contribution in [3.63, 3.8) is 0 Å². The molecule has 0 aliphatic rings. The van der Waals surface area contributed by atoms with Crippen LogP contribution in [0.2, 0.25) is 0 Å². The second-order valence-corrected chi connectivity index (χ2v) is 5.97. The maximum Gasteiger partial charge on any atom is 0.349 e. The number of carbonyl (C=O) groups excluding carboxylic acids is 1. The molecule has 3 rings (SSSR count). The van der Waals surface area contributed by atoms with Crippen molar-refractivity contribution in [1.29, 1.82) is 5.26 Å². The van der Waals surface area contributed by atoms with Crippen LogP contribution in [0.15, 0.2) is 63.3 Å². The highest BCUT2D eigenvalue weighted by atomic mass is 16.5. The average Bonchev–Trinajstić information content (AvgIpc) is 2.75. The molecule has 0 unspecified atom stereocenters. The number of nitrogens with zero attached hydrogens (tertiary/aromatic N) is 1. The van der Waals surface area contributed by atoms with E-state index in [1.807, 2.05) is 6.07 Å². The Balaban J connectivity index is 1.81. The number of benzene rings is 2. The third-order valence-corrected chi connectivity index (χ3v) is 4.16. The van der Waals surface area contributed by atoms with Gasteiger partial charge in [-0.1, -0.05) is 12.1 Å². The summed E-state index contributed by atoms with van der Waals surface area (Å²) in [6.07, 6.45) is 1.42. The minimum Gasteiger partial charge on any atom is -0.497 e. The van der Waals surface area contributed by atoms with Crippen molar-refractivity contribution in [2.24, 2.45) is 0 Å². The van der Waals surface area contributed by atoms with Gasteiger partial charge in [0, 0.05) is 23.1 Å². The van der Waals surface area contributed by atoms with E-state index in [0.29, 0.717) is 33.6 Å². The maximum absolute atomic E-state index is 12.3. The monoisotopic (exact) mass is 391 g/mol. The van der Waals surface area contributed by atoms with E-state index < -0.39 is 11.6 Å². The van der Waals surface area contributed by atoms with Gasteiger partial charge in [0.05, 0.1) is 14.2 Å². The summed E-state index contributed by atoms with van der Waals surface area (Å²) in [5.74, 6) is 0.400. The first-order valence-corrected chi connectivity index (χ1v) is 8.58. The molecule has 0 bridgehead atoms. The third-order valence-electron chi connectivity index (χ3n) is 4.16. The molecule has 1 heterocycles. The SMILES string of the molecule is COc1ccc(C=C(C#N)C(=O)OCc2cc(=O)oc3cc(OC)ccc23)cc1. The zero-order chi connectivity index (χ0) is 20.8. The van der Waals surface area contributed by atoms with Crippen molar-refractivity contribution in [2.75, 3.05) is 14.2 Å². The number of hydrogen-bond donors (Lipinski definition) is 0. The van der Waals surface area contributed by atoms with E-state index in [4.69, 9.17) is 18.6 Å². The van der Waals surface area contributed by atoms with Crippen LogP contribution in [0.5, 0.6) is 11.5 Å². The Labute approximate surface area is 166 Å². The highest BCUT2D eigenvalue weighted by Gasteiger charge is 2.14. The standard InChI is InChI=1S/C22H17NO6/c1-26-17-5-3-14(4-6-17)9-15(12-23)22(25)28-13-16-10-21(24)29-20-11-18(27-2)7-8-19(16)20/h3-11H,13H2,1-2H3. The summed E-state index contributed by atoms with van der Waals surface area (Å²) < 4.78 is 20.6. The lowest BCUT2D eigenvalue weighted by Gasteiger charge is -2.08. The molecule has 0 amide bonds. The number of carbonyl (C=O) groups is 1. The molecule has 0 spiro atoms. The van der Waals surface area contributed by atoms with Gasteiger partial charge in [-0.05, 0) is 35.9 Å². The van der Waals surface area contributed by atoms with Gasteiger partial charge >= 0.3 is 11.6 Å². The number of methoxy groups -OCH3 is 2. The van der Waals surface area contributed by atoms with E-state index in [0.717, 1.165) is 0 Å². The quantitative estimate of drug-likeness (QED) is 0.275. The molecule has 1 aromatic heterocycles. The van der Waals surface area contributed by atoms with Gasteiger partial charge in [0.25, 0.3) is 0 Å². The molecule has 0 N–H and O–H groups in total. The summed E-state index contributed by atoms with van der Waals surface area (Å²) in [5, 5.41) is 9.91. The van der Waals surface area contributed by atoms with E-state index in [-0.39, 0.29) is 12.2 Å². The average molecular weight is 391 g/mol. The minimum absolute atomic E-state index is 0.163. The normalized spacial score (nSPS) is 11.0. The molecule has 0 atom stereocenters. The molecular weight excluding hydrogens is 374 g/mol. The molecule has 3 aromatic rings. The third kappa shape index (κ3) is 4.62. The lowest BCUT2D eigenvalue weighted by Crippen LogP contribution is -2.09. The number of hydrogen-bond acceptors (Lipinski definition) is 7. The van der Waals surface area contributed by atoms with Gasteiger partial charge in [0.1, 0.15) is 35.3 Å². The van der Waals surface area contributed by atoms with Gasteiger partial charge in [0.2, 0.25) is 0 Å². The highest BCUT2D eigenvalue weighted by Crippen LogP contribution is 2.23. The van der Waals surface area contributed by atoms with Crippen molar-refractivity contribution in [3.05, 3.63) is 75.7 Å². The van der Waals surface area contributed by atoms with Crippen molar-refractivity contribution >= 4 is 23.0 Å². The van der Waals surface area contributed by atoms with Crippen LogP contribution in [-0.4, -0.2) is 20.2 Å². The van der Waals surface area contributed by atoms with E-state index in [1.165, 1.54) is 19.3 Å². The van der Waals surface area contributed by atoms with Crippen LogP contribution in [0, 0.1) is 11.3 Å². The summed E-state index contributed by atoms with van der Waals surface area (Å²) >= 11 is 0. The van der Waals surface area contributed by atoms with Crippen LogP contribution in [0.4, 0.5) is 0 Å². The predicted molar refractivity (Wildman–Crippen MR) is 105 cm³/mol. The molecule has 0 radical (unpaired) electrons. The molecule has 0 fully saturated rings. The number of ether oxygens (including phenoxy) is 3. The summed E-state index contributed by atoms with van der Waals surface area (Å²) in [5.41, 5.74) is 0.693. The summed E-state index contributed by atoms with van der Waals surface area (Å²) in [6.45, 7) is -0.186. The second-order valence-electron chi connectivity index (χ2n) is 5.97. The molecule has 2 aromatic carbocycles. The summed E-state index contributed by atoms with van der Waals surface area (Å²) in [6, 6.07) is 14.9. The summed E-state index contributed by atoms with van der Waals surface area (Å²) in [7, 11) is 3.05. The molecule has 0 aliphatic heterocycles. The van der Waals surface area contributed by atoms with Gasteiger partial charge in [0.15, 0.2) is 0 Å². The maximum atomic E-state index is 12.3. The fraction of sp³-hybridized carbons (Fsp3) is 0.136. The predicted octanol–water partition coefficient (Wildman–Crippen LogP) is 3.46. The fourth-order valence-electron chi connectivity index (χ4n) is 2.68. The fourth-order valence-corrected chi connectivity index (χ4v) is 2.68. The Bertz CT molecular complexity index is 1170. The zero-order valence-corrected chi connectivity index (χ0v) is 15.8. The van der Waals surface area contributed by atoms with E-state index in [9.17, 15) is 14.9 Å². The number of nitriles is 1. The topological polar surface area (TPSA) is 98.8 Å². The van der Waals surface area contributed by atoms with Crippen molar-refractivity contribution in [3.8, 4) is 17.6 Å². The van der Waals surface area contributed by atoms with Gasteiger partial charge in [-0.25, -0.2) is 9.59 Å². The van der Waals surface area contributed by atoms with Crippen LogP contribution in [0.25, 0.3) is 17.0 Å². The molecule has 0 saturated heterocycles. The smallest absolute Gasteiger partial charge is 0.349 e. The Kier molecular flexibility index (Phi) is 5.95. The van der Waals surface area contributed by atoms with Crippen LogP contribution in [-0.2, 0) is 16.1 Å². The van der Waals surface area contributed by atoms with E-state index in [2.05, 4.69) is 0 Å². The van der Waals surface area contributed by atoms with Gasteiger partial charge in [-0.15, -0.1) is 0 Å². The number of rotatable bonds is 6. The van der Waals surface area contributed by atoms with E-state index >= 15 is 0 Å².